The van der Waals surface area contributed by atoms with Crippen molar-refractivity contribution in [2.45, 2.75) is 19.3 Å². The molecule has 0 unspecified atom stereocenters. The van der Waals surface area contributed by atoms with E-state index < -0.39 is 5.97 Å². The highest BCUT2D eigenvalue weighted by Crippen LogP contribution is 2.32. The molecule has 1 amide bonds. The minimum absolute atomic E-state index is 0.0340. The minimum Gasteiger partial charge on any atom is -0.477 e. The molecule has 1 fully saturated rings. The van der Waals surface area contributed by atoms with Gasteiger partial charge in [-0.3, -0.25) is 4.79 Å². The van der Waals surface area contributed by atoms with Crippen LogP contribution in [0.3, 0.4) is 0 Å². The van der Waals surface area contributed by atoms with Crippen molar-refractivity contribution in [2.24, 2.45) is 11.7 Å². The fourth-order valence-corrected chi connectivity index (χ4v) is 3.35. The van der Waals surface area contributed by atoms with Gasteiger partial charge in [0.1, 0.15) is 0 Å². The van der Waals surface area contributed by atoms with Gasteiger partial charge in [-0.15, -0.1) is 0 Å². The summed E-state index contributed by atoms with van der Waals surface area (Å²) in [5.74, 6) is -1.02. The van der Waals surface area contributed by atoms with E-state index in [0.717, 1.165) is 37.3 Å². The smallest absolute Gasteiger partial charge is 0.349 e. The third-order valence-corrected chi connectivity index (χ3v) is 4.63. The summed E-state index contributed by atoms with van der Waals surface area (Å²) in [5, 5.41) is 9.59. The van der Waals surface area contributed by atoms with E-state index in [0.29, 0.717) is 17.5 Å². The Hall–Kier alpha value is -1.34. The molecule has 0 aromatic carbocycles. The number of hydrogen-bond acceptors (Lipinski definition) is 5. The number of halogens is 1. The molecule has 8 heteroatoms. The number of nitrogens with zero attached hydrogens (tertiary/aromatic N) is 2. The van der Waals surface area contributed by atoms with E-state index in [4.69, 9.17) is 22.4 Å². The Labute approximate surface area is 119 Å². The normalized spacial score (nSPS) is 16.6. The summed E-state index contributed by atoms with van der Waals surface area (Å²) in [6.45, 7) is 1.47. The van der Waals surface area contributed by atoms with Crippen molar-refractivity contribution in [3.63, 3.8) is 0 Å². The molecule has 1 saturated heterocycles. The number of primary amides is 1. The Kier molecular flexibility index (Phi) is 4.26. The van der Waals surface area contributed by atoms with Gasteiger partial charge < -0.3 is 15.7 Å². The van der Waals surface area contributed by atoms with Crippen LogP contribution in [0, 0.1) is 5.92 Å². The van der Waals surface area contributed by atoms with Crippen LogP contribution in [0.4, 0.5) is 5.13 Å². The van der Waals surface area contributed by atoms with Crippen LogP contribution in [0.5, 0.6) is 0 Å². The zero-order valence-corrected chi connectivity index (χ0v) is 11.7. The number of carbonyl (C=O) groups is 2. The Morgan fingerprint density at radius 3 is 2.58 bits per heavy atom. The number of piperidine rings is 1. The van der Waals surface area contributed by atoms with Gasteiger partial charge in [-0.05, 0) is 18.8 Å². The summed E-state index contributed by atoms with van der Waals surface area (Å²) < 4.78 is 0. The number of nitrogens with two attached hydrogens (primary N) is 1. The number of amides is 1. The average Bonchev–Trinajstić information content (AvgIpc) is 2.71. The molecule has 0 spiro atoms. The Balaban J connectivity index is 2.00. The zero-order valence-electron chi connectivity index (χ0n) is 10.1. The zero-order chi connectivity index (χ0) is 14.0. The van der Waals surface area contributed by atoms with Gasteiger partial charge in [0.2, 0.25) is 5.91 Å². The molecule has 1 aliphatic rings. The summed E-state index contributed by atoms with van der Waals surface area (Å²) in [6.07, 6.45) is 2.11. The van der Waals surface area contributed by atoms with Gasteiger partial charge in [0.15, 0.2) is 15.2 Å². The van der Waals surface area contributed by atoms with Gasteiger partial charge in [0.05, 0.1) is 0 Å². The number of carboxylic acid groups (broad SMARTS) is 1. The van der Waals surface area contributed by atoms with E-state index >= 15 is 0 Å². The van der Waals surface area contributed by atoms with Crippen LogP contribution in [0.15, 0.2) is 0 Å². The number of aromatic nitrogens is 1. The molecule has 3 N–H and O–H groups in total. The van der Waals surface area contributed by atoms with Crippen LogP contribution >= 0.6 is 22.9 Å². The standard InChI is InChI=1S/C11H14ClN3O3S/c12-9-8(10(17)18)19-11(14-9)15-3-1-6(2-4-15)5-7(13)16/h6H,1-5H2,(H2,13,16)(H,17,18). The highest BCUT2D eigenvalue weighted by molar-refractivity contribution is 7.18. The van der Waals surface area contributed by atoms with Crippen LogP contribution in [0.25, 0.3) is 0 Å². The number of carbonyl (C=O) groups excluding carboxylic acids is 1. The van der Waals surface area contributed by atoms with E-state index in [1.807, 2.05) is 4.90 Å². The van der Waals surface area contributed by atoms with Crippen molar-refractivity contribution in [3.8, 4) is 0 Å². The molecule has 1 aliphatic heterocycles. The van der Waals surface area contributed by atoms with Gasteiger partial charge in [0.25, 0.3) is 0 Å². The lowest BCUT2D eigenvalue weighted by molar-refractivity contribution is -0.119. The topological polar surface area (TPSA) is 96.5 Å². The summed E-state index contributed by atoms with van der Waals surface area (Å²) in [7, 11) is 0. The molecule has 0 atom stereocenters. The lowest BCUT2D eigenvalue weighted by Crippen LogP contribution is -2.34. The average molecular weight is 304 g/mol. The number of rotatable bonds is 4. The van der Waals surface area contributed by atoms with Crippen molar-refractivity contribution >= 4 is 39.9 Å². The van der Waals surface area contributed by atoms with Gasteiger partial charge >= 0.3 is 5.97 Å². The molecule has 0 bridgehead atoms. The molecule has 104 valence electrons. The quantitative estimate of drug-likeness (QED) is 0.880. The van der Waals surface area contributed by atoms with Crippen LogP contribution in [-0.4, -0.2) is 35.1 Å². The highest BCUT2D eigenvalue weighted by Gasteiger charge is 2.24. The van der Waals surface area contributed by atoms with Gasteiger partial charge in [-0.2, -0.15) is 0 Å². The van der Waals surface area contributed by atoms with Gasteiger partial charge in [0, 0.05) is 19.5 Å². The number of aromatic carboxylic acids is 1. The van der Waals surface area contributed by atoms with Crippen LogP contribution < -0.4 is 10.6 Å². The second-order valence-corrected chi connectivity index (χ2v) is 5.86. The molecule has 2 heterocycles. The number of carboxylic acids is 1. The van der Waals surface area contributed by atoms with Crippen molar-refractivity contribution in [3.05, 3.63) is 10.0 Å². The van der Waals surface area contributed by atoms with Crippen molar-refractivity contribution in [1.82, 2.24) is 4.98 Å². The summed E-state index contributed by atoms with van der Waals surface area (Å²) in [5.41, 5.74) is 5.18. The molecule has 1 aromatic rings. The fourth-order valence-electron chi connectivity index (χ4n) is 2.17. The molecule has 0 radical (unpaired) electrons. The highest BCUT2D eigenvalue weighted by atomic mass is 35.5. The predicted molar refractivity (Wildman–Crippen MR) is 72.8 cm³/mol. The maximum atomic E-state index is 10.9. The maximum Gasteiger partial charge on any atom is 0.349 e. The second kappa shape index (κ2) is 5.75. The molecule has 2 rings (SSSR count). The SMILES string of the molecule is NC(=O)CC1CCN(c2nc(Cl)c(C(=O)O)s2)CC1. The molecule has 0 aliphatic carbocycles. The van der Waals surface area contributed by atoms with Crippen molar-refractivity contribution in [2.75, 3.05) is 18.0 Å². The first-order valence-corrected chi connectivity index (χ1v) is 7.09. The van der Waals surface area contributed by atoms with Crippen LogP contribution in [0.1, 0.15) is 28.9 Å². The van der Waals surface area contributed by atoms with E-state index in [-0.39, 0.29) is 15.9 Å². The van der Waals surface area contributed by atoms with Crippen molar-refractivity contribution in [1.29, 1.82) is 0 Å². The summed E-state index contributed by atoms with van der Waals surface area (Å²) in [6, 6.07) is 0. The van der Waals surface area contributed by atoms with E-state index in [2.05, 4.69) is 4.98 Å². The monoisotopic (exact) mass is 303 g/mol. The Morgan fingerprint density at radius 1 is 1.47 bits per heavy atom. The first-order valence-electron chi connectivity index (χ1n) is 5.90. The van der Waals surface area contributed by atoms with Gasteiger partial charge in [-0.1, -0.05) is 22.9 Å². The number of thiazole rings is 1. The molecule has 0 saturated carbocycles. The molecule has 19 heavy (non-hydrogen) atoms. The van der Waals surface area contributed by atoms with Crippen LogP contribution in [-0.2, 0) is 4.79 Å². The molecular formula is C11H14ClN3O3S. The first kappa shape index (κ1) is 14.1. The molecule has 1 aromatic heterocycles. The first-order chi connectivity index (χ1) is 8.97. The third-order valence-electron chi connectivity index (χ3n) is 3.14. The predicted octanol–water partition coefficient (Wildman–Crippen LogP) is 1.59. The molecular weight excluding hydrogens is 290 g/mol. The summed E-state index contributed by atoms with van der Waals surface area (Å²) >= 11 is 6.87. The lowest BCUT2D eigenvalue weighted by atomic mass is 9.94. The Bertz CT molecular complexity index is 497. The third kappa shape index (κ3) is 3.36. The van der Waals surface area contributed by atoms with Crippen molar-refractivity contribution < 1.29 is 14.7 Å². The van der Waals surface area contributed by atoms with Gasteiger partial charge in [-0.25, -0.2) is 9.78 Å². The van der Waals surface area contributed by atoms with E-state index in [1.165, 1.54) is 0 Å². The van der Waals surface area contributed by atoms with E-state index in [9.17, 15) is 9.59 Å². The fraction of sp³-hybridized carbons (Fsp3) is 0.545. The largest absolute Gasteiger partial charge is 0.477 e. The van der Waals surface area contributed by atoms with Crippen LogP contribution in [0.2, 0.25) is 5.15 Å². The Morgan fingerprint density at radius 2 is 2.11 bits per heavy atom. The second-order valence-electron chi connectivity index (χ2n) is 4.52. The number of hydrogen-bond donors (Lipinski definition) is 2. The lowest BCUT2D eigenvalue weighted by Gasteiger charge is -2.31. The van der Waals surface area contributed by atoms with E-state index in [1.54, 1.807) is 0 Å². The number of anilines is 1. The molecule has 6 nitrogen and oxygen atoms in total. The minimum atomic E-state index is -1.06. The summed E-state index contributed by atoms with van der Waals surface area (Å²) in [4.78, 5) is 27.9. The maximum absolute atomic E-state index is 10.9.